The van der Waals surface area contributed by atoms with Gasteiger partial charge >= 0.3 is 5.97 Å². The Morgan fingerprint density at radius 1 is 1.14 bits per heavy atom. The number of carbonyl (C=O) groups excluding carboxylic acids is 2. The van der Waals surface area contributed by atoms with Crippen molar-refractivity contribution in [2.24, 2.45) is 0 Å². The molecule has 6 nitrogen and oxygen atoms in total. The summed E-state index contributed by atoms with van der Waals surface area (Å²) in [6, 6.07) is 11.7. The highest BCUT2D eigenvalue weighted by atomic mass is 35.5. The molecule has 0 aliphatic rings. The van der Waals surface area contributed by atoms with Crippen molar-refractivity contribution in [2.75, 3.05) is 6.54 Å². The second-order valence-electron chi connectivity index (χ2n) is 5.91. The molecule has 1 N–H and O–H groups in total. The molecule has 8 heteroatoms. The molecule has 0 fully saturated rings. The van der Waals surface area contributed by atoms with Gasteiger partial charge in [-0.25, -0.2) is 13.9 Å². The average Bonchev–Trinajstić information content (AvgIpc) is 2.97. The number of hydrogen-bond donors (Lipinski definition) is 1. The maximum absolute atomic E-state index is 13.1. The molecule has 3 aromatic rings. The Bertz CT molecular complexity index is 1010. The highest BCUT2D eigenvalue weighted by molar-refractivity contribution is 6.33. The Hall–Kier alpha value is -3.19. The number of benzene rings is 2. The number of rotatable bonds is 5. The number of esters is 1. The van der Waals surface area contributed by atoms with Crippen molar-refractivity contribution in [3.63, 3.8) is 0 Å². The quantitative estimate of drug-likeness (QED) is 0.519. The molecular weight excluding hydrogens is 385 g/mol. The molecule has 3 rings (SSSR count). The molecule has 144 valence electrons. The van der Waals surface area contributed by atoms with E-state index in [-0.39, 0.29) is 28.2 Å². The lowest BCUT2D eigenvalue weighted by molar-refractivity contribution is 0.0734. The second kappa shape index (κ2) is 8.22. The first-order chi connectivity index (χ1) is 13.4. The Labute approximate surface area is 165 Å². The van der Waals surface area contributed by atoms with Gasteiger partial charge in [-0.2, -0.15) is 5.10 Å². The second-order valence-corrected chi connectivity index (χ2v) is 6.27. The SMILES string of the molecule is CCNC(=O)c1ccc(OC(=O)c2c(C)nn(-c3ccc(F)cc3)c2Cl)cc1. The highest BCUT2D eigenvalue weighted by Gasteiger charge is 2.23. The maximum atomic E-state index is 13.1. The van der Waals surface area contributed by atoms with E-state index in [4.69, 9.17) is 16.3 Å². The number of aromatic nitrogens is 2. The minimum atomic E-state index is -0.679. The third-order valence-electron chi connectivity index (χ3n) is 3.94. The molecule has 2 aromatic carbocycles. The monoisotopic (exact) mass is 401 g/mol. The lowest BCUT2D eigenvalue weighted by atomic mass is 10.2. The molecule has 0 aliphatic heterocycles. The van der Waals surface area contributed by atoms with Crippen LogP contribution in [0.2, 0.25) is 5.15 Å². The minimum absolute atomic E-state index is 0.0630. The first kappa shape index (κ1) is 19.6. The molecule has 0 saturated heterocycles. The summed E-state index contributed by atoms with van der Waals surface area (Å²) < 4.78 is 19.8. The number of aryl methyl sites for hydroxylation is 1. The van der Waals surface area contributed by atoms with Crippen molar-refractivity contribution in [1.82, 2.24) is 15.1 Å². The number of amides is 1. The fraction of sp³-hybridized carbons (Fsp3) is 0.150. The van der Waals surface area contributed by atoms with Crippen molar-refractivity contribution in [3.05, 3.63) is 76.3 Å². The smallest absolute Gasteiger partial charge is 0.348 e. The number of carbonyl (C=O) groups is 2. The zero-order chi connectivity index (χ0) is 20.3. The van der Waals surface area contributed by atoms with E-state index >= 15 is 0 Å². The summed E-state index contributed by atoms with van der Waals surface area (Å²) in [7, 11) is 0. The van der Waals surface area contributed by atoms with Gasteiger partial charge in [-0.3, -0.25) is 4.79 Å². The molecule has 1 amide bonds. The summed E-state index contributed by atoms with van der Waals surface area (Å²) in [5.41, 5.74) is 1.46. The van der Waals surface area contributed by atoms with E-state index < -0.39 is 5.97 Å². The molecule has 0 bridgehead atoms. The first-order valence-electron chi connectivity index (χ1n) is 8.52. The summed E-state index contributed by atoms with van der Waals surface area (Å²) in [4.78, 5) is 24.4. The van der Waals surface area contributed by atoms with Crippen LogP contribution in [-0.2, 0) is 0 Å². The molecule has 1 heterocycles. The highest BCUT2D eigenvalue weighted by Crippen LogP contribution is 2.25. The Balaban J connectivity index is 1.81. The predicted octanol–water partition coefficient (Wildman–Crippen LogP) is 3.94. The topological polar surface area (TPSA) is 73.2 Å². The Morgan fingerprint density at radius 2 is 1.79 bits per heavy atom. The standard InChI is InChI=1S/C20H17ClFN3O3/c1-3-23-19(26)13-4-10-16(11-5-13)28-20(27)17-12(2)24-25(18(17)21)15-8-6-14(22)7-9-15/h4-11H,3H2,1-2H3,(H,23,26). The fourth-order valence-corrected chi connectivity index (χ4v) is 2.93. The van der Waals surface area contributed by atoms with E-state index in [2.05, 4.69) is 10.4 Å². The van der Waals surface area contributed by atoms with Crippen LogP contribution in [0.15, 0.2) is 48.5 Å². The van der Waals surface area contributed by atoms with Crippen LogP contribution < -0.4 is 10.1 Å². The fourth-order valence-electron chi connectivity index (χ4n) is 2.58. The Kier molecular flexibility index (Phi) is 5.75. The Morgan fingerprint density at radius 3 is 2.39 bits per heavy atom. The van der Waals surface area contributed by atoms with Crippen LogP contribution >= 0.6 is 11.6 Å². The number of ether oxygens (including phenoxy) is 1. The van der Waals surface area contributed by atoms with Gasteiger partial charge in [0, 0.05) is 12.1 Å². The molecule has 0 spiro atoms. The van der Waals surface area contributed by atoms with E-state index in [1.54, 1.807) is 19.1 Å². The molecule has 28 heavy (non-hydrogen) atoms. The van der Waals surface area contributed by atoms with Crippen molar-refractivity contribution in [1.29, 1.82) is 0 Å². The third kappa shape index (κ3) is 4.04. The average molecular weight is 402 g/mol. The van der Waals surface area contributed by atoms with Crippen molar-refractivity contribution in [2.45, 2.75) is 13.8 Å². The number of nitrogens with one attached hydrogen (secondary N) is 1. The van der Waals surface area contributed by atoms with Crippen molar-refractivity contribution in [3.8, 4) is 11.4 Å². The van der Waals surface area contributed by atoms with Gasteiger partial charge in [-0.05, 0) is 62.4 Å². The van der Waals surface area contributed by atoms with Gasteiger partial charge in [0.05, 0.1) is 11.4 Å². The molecule has 1 aromatic heterocycles. The van der Waals surface area contributed by atoms with Gasteiger partial charge in [0.2, 0.25) is 0 Å². The molecule has 0 radical (unpaired) electrons. The van der Waals surface area contributed by atoms with Crippen LogP contribution in [0.4, 0.5) is 4.39 Å². The lowest BCUT2D eigenvalue weighted by Gasteiger charge is -2.06. The predicted molar refractivity (Wildman–Crippen MR) is 103 cm³/mol. The van der Waals surface area contributed by atoms with Crippen LogP contribution in [0.5, 0.6) is 5.75 Å². The van der Waals surface area contributed by atoms with E-state index in [0.717, 1.165) is 0 Å². The molecule has 0 unspecified atom stereocenters. The first-order valence-corrected chi connectivity index (χ1v) is 8.90. The summed E-state index contributed by atoms with van der Waals surface area (Å²) in [6.45, 7) is 3.97. The van der Waals surface area contributed by atoms with E-state index in [1.165, 1.54) is 41.1 Å². The summed E-state index contributed by atoms with van der Waals surface area (Å²) >= 11 is 6.32. The van der Waals surface area contributed by atoms with Crippen molar-refractivity contribution < 1.29 is 18.7 Å². The summed E-state index contributed by atoms with van der Waals surface area (Å²) in [5, 5.41) is 6.99. The van der Waals surface area contributed by atoms with Gasteiger partial charge in [0.25, 0.3) is 5.91 Å². The zero-order valence-corrected chi connectivity index (χ0v) is 16.0. The van der Waals surface area contributed by atoms with Gasteiger partial charge in [-0.1, -0.05) is 11.6 Å². The zero-order valence-electron chi connectivity index (χ0n) is 15.2. The van der Waals surface area contributed by atoms with Gasteiger partial charge in [-0.15, -0.1) is 0 Å². The number of nitrogens with zero attached hydrogens (tertiary/aromatic N) is 2. The largest absolute Gasteiger partial charge is 0.423 e. The number of halogens is 2. The van der Waals surface area contributed by atoms with Crippen LogP contribution in [0.25, 0.3) is 5.69 Å². The van der Waals surface area contributed by atoms with E-state index in [9.17, 15) is 14.0 Å². The van der Waals surface area contributed by atoms with Gasteiger partial charge in [0.15, 0.2) is 0 Å². The van der Waals surface area contributed by atoms with E-state index in [0.29, 0.717) is 23.5 Å². The van der Waals surface area contributed by atoms with Crippen LogP contribution in [0.3, 0.4) is 0 Å². The molecule has 0 aliphatic carbocycles. The maximum Gasteiger partial charge on any atom is 0.348 e. The third-order valence-corrected chi connectivity index (χ3v) is 4.29. The normalized spacial score (nSPS) is 10.6. The number of hydrogen-bond acceptors (Lipinski definition) is 4. The van der Waals surface area contributed by atoms with Crippen LogP contribution in [0.1, 0.15) is 33.3 Å². The molecule has 0 saturated carbocycles. The summed E-state index contributed by atoms with van der Waals surface area (Å²) in [5.74, 6) is -1.01. The van der Waals surface area contributed by atoms with Crippen LogP contribution in [0, 0.1) is 12.7 Å². The minimum Gasteiger partial charge on any atom is -0.423 e. The van der Waals surface area contributed by atoms with Gasteiger partial charge < -0.3 is 10.1 Å². The molecular formula is C20H17ClFN3O3. The molecule has 0 atom stereocenters. The van der Waals surface area contributed by atoms with Gasteiger partial charge in [0.1, 0.15) is 22.3 Å². The summed E-state index contributed by atoms with van der Waals surface area (Å²) in [6.07, 6.45) is 0. The lowest BCUT2D eigenvalue weighted by Crippen LogP contribution is -2.22. The van der Waals surface area contributed by atoms with E-state index in [1.807, 2.05) is 6.92 Å². The van der Waals surface area contributed by atoms with Crippen LogP contribution in [-0.4, -0.2) is 28.2 Å². The van der Waals surface area contributed by atoms with Crippen molar-refractivity contribution >= 4 is 23.5 Å².